The molecule has 0 saturated heterocycles. The van der Waals surface area contributed by atoms with Gasteiger partial charge in [-0.05, 0) is 31.1 Å². The summed E-state index contributed by atoms with van der Waals surface area (Å²) in [6.07, 6.45) is 8.57. The maximum absolute atomic E-state index is 5.31. The Labute approximate surface area is 95.3 Å². The van der Waals surface area contributed by atoms with Crippen molar-refractivity contribution in [1.29, 1.82) is 0 Å². The van der Waals surface area contributed by atoms with Gasteiger partial charge in [0.25, 0.3) is 0 Å². The number of hydrogen-bond donors (Lipinski definition) is 2. The fourth-order valence-corrected chi connectivity index (χ4v) is 2.09. The van der Waals surface area contributed by atoms with Crippen LogP contribution in [-0.4, -0.2) is 0 Å². The van der Waals surface area contributed by atoms with Crippen LogP contribution in [0, 0.1) is 11.8 Å². The third-order valence-electron chi connectivity index (χ3n) is 3.16. The molecule has 2 unspecified atom stereocenters. The molecule has 2 atom stereocenters. The average Bonchev–Trinajstić information content (AvgIpc) is 2.26. The maximum atomic E-state index is 5.31. The zero-order valence-electron chi connectivity index (χ0n) is 10.8. The highest BCUT2D eigenvalue weighted by Gasteiger charge is 2.14. The first-order chi connectivity index (χ1) is 7.24. The van der Waals surface area contributed by atoms with Crippen LogP contribution >= 0.6 is 0 Å². The van der Waals surface area contributed by atoms with Crippen LogP contribution in [0.4, 0.5) is 0 Å². The van der Waals surface area contributed by atoms with Crippen LogP contribution in [0.2, 0.25) is 0 Å². The summed E-state index contributed by atoms with van der Waals surface area (Å²) in [7, 11) is 0. The zero-order valence-corrected chi connectivity index (χ0v) is 10.8. The lowest BCUT2D eigenvalue weighted by Crippen LogP contribution is -2.17. The minimum atomic E-state index is 0.707. The van der Waals surface area contributed by atoms with Crippen LogP contribution in [-0.2, 0) is 0 Å². The number of hydrazine groups is 1. The first-order valence-corrected chi connectivity index (χ1v) is 6.39. The summed E-state index contributed by atoms with van der Waals surface area (Å²) >= 11 is 0. The molecule has 0 spiro atoms. The van der Waals surface area contributed by atoms with Gasteiger partial charge in [0.05, 0.1) is 0 Å². The topological polar surface area (TPSA) is 38.0 Å². The van der Waals surface area contributed by atoms with Gasteiger partial charge in [-0.25, -0.2) is 0 Å². The monoisotopic (exact) mass is 212 g/mol. The second kappa shape index (κ2) is 8.78. The summed E-state index contributed by atoms with van der Waals surface area (Å²) in [6, 6.07) is 0. The molecule has 15 heavy (non-hydrogen) atoms. The minimum Gasteiger partial charge on any atom is -0.331 e. The Kier molecular flexibility index (Phi) is 8.49. The third kappa shape index (κ3) is 5.83. The molecule has 0 bridgehead atoms. The predicted molar refractivity (Wildman–Crippen MR) is 68.2 cm³/mol. The second-order valence-electron chi connectivity index (χ2n) is 4.36. The van der Waals surface area contributed by atoms with Crippen molar-refractivity contribution in [1.82, 2.24) is 5.43 Å². The fraction of sp³-hybridized carbons (Fsp3) is 0.846. The third-order valence-corrected chi connectivity index (χ3v) is 3.16. The maximum Gasteiger partial charge on any atom is 0.0117 e. The average molecular weight is 212 g/mol. The van der Waals surface area contributed by atoms with E-state index in [1.807, 2.05) is 20.0 Å². The van der Waals surface area contributed by atoms with Crippen LogP contribution in [0.5, 0.6) is 0 Å². The number of rotatable bonds is 1. The number of allylic oxidation sites excluding steroid dienone is 1. The van der Waals surface area contributed by atoms with Crippen LogP contribution < -0.4 is 11.3 Å². The van der Waals surface area contributed by atoms with Crippen LogP contribution in [0.3, 0.4) is 0 Å². The molecule has 0 aliphatic heterocycles. The van der Waals surface area contributed by atoms with Crippen LogP contribution in [0.25, 0.3) is 0 Å². The van der Waals surface area contributed by atoms with Crippen molar-refractivity contribution in [2.75, 3.05) is 0 Å². The quantitative estimate of drug-likeness (QED) is 0.515. The molecule has 90 valence electrons. The summed E-state index contributed by atoms with van der Waals surface area (Å²) in [5, 5.41) is 0. The molecule has 2 heteroatoms. The van der Waals surface area contributed by atoms with E-state index in [-0.39, 0.29) is 0 Å². The molecule has 0 amide bonds. The molecule has 0 heterocycles. The number of nitrogens with one attached hydrogen (secondary N) is 1. The predicted octanol–water partition coefficient (Wildman–Crippen LogP) is 3.60. The molecule has 0 aromatic carbocycles. The van der Waals surface area contributed by atoms with E-state index in [4.69, 9.17) is 5.84 Å². The van der Waals surface area contributed by atoms with Gasteiger partial charge in [-0.1, -0.05) is 46.1 Å². The van der Waals surface area contributed by atoms with Gasteiger partial charge in [-0.15, -0.1) is 0 Å². The van der Waals surface area contributed by atoms with Crippen molar-refractivity contribution in [3.05, 3.63) is 11.8 Å². The number of hydrogen-bond acceptors (Lipinski definition) is 2. The molecular formula is C13H28N2. The number of nitrogens with two attached hydrogens (primary N) is 1. The van der Waals surface area contributed by atoms with Crippen LogP contribution in [0.1, 0.15) is 59.8 Å². The summed E-state index contributed by atoms with van der Waals surface area (Å²) < 4.78 is 0. The van der Waals surface area contributed by atoms with E-state index in [0.717, 1.165) is 5.92 Å². The fourth-order valence-electron chi connectivity index (χ4n) is 2.09. The molecule has 2 nitrogen and oxygen atoms in total. The van der Waals surface area contributed by atoms with Gasteiger partial charge in [0.15, 0.2) is 0 Å². The normalized spacial score (nSPS) is 29.8. The summed E-state index contributed by atoms with van der Waals surface area (Å²) in [6.45, 7) is 8.67. The van der Waals surface area contributed by atoms with E-state index in [0.29, 0.717) is 5.92 Å². The molecule has 3 N–H and O–H groups in total. The highest BCUT2D eigenvalue weighted by molar-refractivity contribution is 5.05. The van der Waals surface area contributed by atoms with E-state index in [1.165, 1.54) is 37.7 Å². The molecule has 0 aromatic rings. The molecule has 1 aliphatic rings. The largest absolute Gasteiger partial charge is 0.331 e. The Morgan fingerprint density at radius 2 is 1.87 bits per heavy atom. The smallest absolute Gasteiger partial charge is 0.0117 e. The standard InChI is InChI=1S/C11H22N2.C2H6/c1-9-4-3-5-11(8-13-12)10(2)7-6-9;1-2/h8-10,13H,3-7,12H2,1-2H3;1-2H3/b11-8-;. The molecule has 1 fully saturated rings. The minimum absolute atomic E-state index is 0.707. The van der Waals surface area contributed by atoms with Gasteiger partial charge in [0, 0.05) is 6.20 Å². The van der Waals surface area contributed by atoms with Crippen molar-refractivity contribution < 1.29 is 0 Å². The second-order valence-corrected chi connectivity index (χ2v) is 4.36. The molecule has 0 radical (unpaired) electrons. The van der Waals surface area contributed by atoms with Crippen molar-refractivity contribution in [2.45, 2.75) is 59.8 Å². The summed E-state index contributed by atoms with van der Waals surface area (Å²) in [5.41, 5.74) is 4.16. The Hall–Kier alpha value is -0.500. The van der Waals surface area contributed by atoms with Gasteiger partial charge in [-0.3, -0.25) is 5.84 Å². The van der Waals surface area contributed by atoms with Gasteiger partial charge in [0.1, 0.15) is 0 Å². The van der Waals surface area contributed by atoms with Crippen molar-refractivity contribution in [3.8, 4) is 0 Å². The molecule has 1 rings (SSSR count). The first-order valence-electron chi connectivity index (χ1n) is 6.39. The molecule has 0 aromatic heterocycles. The highest BCUT2D eigenvalue weighted by atomic mass is 15.2. The summed E-state index contributed by atoms with van der Waals surface area (Å²) in [4.78, 5) is 0. The first kappa shape index (κ1) is 14.5. The van der Waals surface area contributed by atoms with Crippen molar-refractivity contribution >= 4 is 0 Å². The van der Waals surface area contributed by atoms with E-state index < -0.39 is 0 Å². The van der Waals surface area contributed by atoms with Gasteiger partial charge < -0.3 is 5.43 Å². The Balaban J connectivity index is 0.000000921. The lowest BCUT2D eigenvalue weighted by atomic mass is 9.84. The highest BCUT2D eigenvalue weighted by Crippen LogP contribution is 2.28. The van der Waals surface area contributed by atoms with Gasteiger partial charge in [-0.2, -0.15) is 0 Å². The van der Waals surface area contributed by atoms with Gasteiger partial charge >= 0.3 is 0 Å². The Bertz CT molecular complexity index is 175. The molecular weight excluding hydrogens is 184 g/mol. The molecule has 1 aliphatic carbocycles. The van der Waals surface area contributed by atoms with Gasteiger partial charge in [0.2, 0.25) is 0 Å². The Morgan fingerprint density at radius 1 is 1.20 bits per heavy atom. The van der Waals surface area contributed by atoms with Crippen molar-refractivity contribution in [3.63, 3.8) is 0 Å². The molecule has 1 saturated carbocycles. The van der Waals surface area contributed by atoms with E-state index in [9.17, 15) is 0 Å². The van der Waals surface area contributed by atoms with E-state index in [2.05, 4.69) is 19.3 Å². The van der Waals surface area contributed by atoms with Crippen LogP contribution in [0.15, 0.2) is 11.8 Å². The lowest BCUT2D eigenvalue weighted by Gasteiger charge is -2.22. The SMILES string of the molecule is CC.CC1CCC/C(=C/NN)C(C)CC1. The lowest BCUT2D eigenvalue weighted by molar-refractivity contribution is 0.392. The summed E-state index contributed by atoms with van der Waals surface area (Å²) in [5.74, 6) is 6.93. The van der Waals surface area contributed by atoms with E-state index >= 15 is 0 Å². The zero-order chi connectivity index (χ0) is 11.7. The van der Waals surface area contributed by atoms with Crippen molar-refractivity contribution in [2.24, 2.45) is 17.7 Å². The van der Waals surface area contributed by atoms with E-state index in [1.54, 1.807) is 0 Å². The Morgan fingerprint density at radius 3 is 2.47 bits per heavy atom.